The Kier molecular flexibility index (Phi) is 5.78. The molecule has 0 amide bonds. The molecule has 1 fully saturated rings. The van der Waals surface area contributed by atoms with Crippen LogP contribution in [0, 0.1) is 23.2 Å². The molecule has 3 unspecified atom stereocenters. The van der Waals surface area contributed by atoms with Crippen molar-refractivity contribution in [3.8, 4) is 0 Å². The van der Waals surface area contributed by atoms with Gasteiger partial charge >= 0.3 is 11.9 Å². The molecule has 2 rings (SSSR count). The highest BCUT2D eigenvalue weighted by molar-refractivity contribution is 5.79. The fraction of sp³-hybridized carbons (Fsp3) is 0.750. The average Bonchev–Trinajstić information content (AvgIpc) is 3.00. The second-order valence-corrected chi connectivity index (χ2v) is 5.85. The van der Waals surface area contributed by atoms with E-state index in [4.69, 9.17) is 9.84 Å². The van der Waals surface area contributed by atoms with E-state index in [0.29, 0.717) is 24.4 Å². The van der Waals surface area contributed by atoms with Crippen LogP contribution in [0.1, 0.15) is 47.0 Å². The molecule has 2 aliphatic rings. The quantitative estimate of drug-likeness (QED) is 0.635. The summed E-state index contributed by atoms with van der Waals surface area (Å²) < 4.78 is 5.27. The zero-order chi connectivity index (χ0) is 15.3. The largest absolute Gasteiger partial charge is 0.481 e. The van der Waals surface area contributed by atoms with E-state index in [2.05, 4.69) is 26.0 Å². The first-order chi connectivity index (χ1) is 9.38. The maximum Gasteiger partial charge on any atom is 0.312 e. The Morgan fingerprint density at radius 1 is 1.35 bits per heavy atom. The molecule has 3 atom stereocenters. The number of carboxylic acid groups (broad SMARTS) is 1. The first-order valence-corrected chi connectivity index (χ1v) is 7.45. The third-order valence-electron chi connectivity index (χ3n) is 4.42. The summed E-state index contributed by atoms with van der Waals surface area (Å²) >= 11 is 0. The topological polar surface area (TPSA) is 63.6 Å². The van der Waals surface area contributed by atoms with Crippen molar-refractivity contribution >= 4 is 11.9 Å². The molecular weight excluding hydrogens is 256 g/mol. The van der Waals surface area contributed by atoms with E-state index in [9.17, 15) is 9.59 Å². The average molecular weight is 282 g/mol. The summed E-state index contributed by atoms with van der Waals surface area (Å²) in [6.07, 6.45) is 6.86. The highest BCUT2D eigenvalue weighted by Crippen LogP contribution is 2.56. The number of hydrogen-bond acceptors (Lipinski definition) is 3. The number of aliphatic carboxylic acids is 1. The van der Waals surface area contributed by atoms with Gasteiger partial charge in [0.15, 0.2) is 0 Å². The zero-order valence-electron chi connectivity index (χ0n) is 12.9. The van der Waals surface area contributed by atoms with Crippen molar-refractivity contribution in [2.24, 2.45) is 23.2 Å². The van der Waals surface area contributed by atoms with Crippen molar-refractivity contribution in [3.63, 3.8) is 0 Å². The van der Waals surface area contributed by atoms with Gasteiger partial charge in [0.25, 0.3) is 0 Å². The molecule has 4 heteroatoms. The first kappa shape index (κ1) is 16.7. The second-order valence-electron chi connectivity index (χ2n) is 5.85. The molecular formula is C16H26O4. The Labute approximate surface area is 121 Å². The molecule has 0 aromatic carbocycles. The van der Waals surface area contributed by atoms with E-state index in [-0.39, 0.29) is 17.8 Å². The number of carbonyl (C=O) groups is 2. The van der Waals surface area contributed by atoms with Gasteiger partial charge in [-0.25, -0.2) is 0 Å². The van der Waals surface area contributed by atoms with Crippen LogP contribution in [0.2, 0.25) is 0 Å². The minimum absolute atomic E-state index is 0.0249. The first-order valence-electron chi connectivity index (χ1n) is 7.45. The standard InChI is InChI=1S/C13H20O2.C3H6O2/c1-4-15-12(14)13(9(2)3)8-10-5-6-11(13)7-10;1-2-3(4)5/h5-6,9-11H,4,7-8H2,1-3H3;2H2,1H3,(H,4,5). The number of ether oxygens (including phenoxy) is 1. The van der Waals surface area contributed by atoms with Gasteiger partial charge in [0.1, 0.15) is 0 Å². The molecule has 1 N–H and O–H groups in total. The van der Waals surface area contributed by atoms with Gasteiger partial charge in [0.05, 0.1) is 12.0 Å². The number of rotatable bonds is 4. The molecule has 0 spiro atoms. The summed E-state index contributed by atoms with van der Waals surface area (Å²) in [5.41, 5.74) is -0.227. The predicted molar refractivity (Wildman–Crippen MR) is 77.2 cm³/mol. The van der Waals surface area contributed by atoms with Gasteiger partial charge in [0, 0.05) is 6.42 Å². The molecule has 0 aromatic rings. The summed E-state index contributed by atoms with van der Waals surface area (Å²) in [6.45, 7) is 8.27. The maximum atomic E-state index is 12.1. The molecule has 1 saturated carbocycles. The summed E-state index contributed by atoms with van der Waals surface area (Å²) in [5, 5.41) is 7.72. The van der Waals surface area contributed by atoms with Gasteiger partial charge in [-0.2, -0.15) is 0 Å². The van der Waals surface area contributed by atoms with Crippen molar-refractivity contribution in [1.82, 2.24) is 0 Å². The Bertz CT molecular complexity index is 386. The Morgan fingerprint density at radius 3 is 2.25 bits per heavy atom. The Morgan fingerprint density at radius 2 is 1.95 bits per heavy atom. The van der Waals surface area contributed by atoms with Crippen molar-refractivity contribution in [3.05, 3.63) is 12.2 Å². The summed E-state index contributed by atoms with van der Waals surface area (Å²) in [6, 6.07) is 0. The molecule has 4 nitrogen and oxygen atoms in total. The van der Waals surface area contributed by atoms with Crippen LogP contribution in [0.25, 0.3) is 0 Å². The van der Waals surface area contributed by atoms with E-state index in [0.717, 1.165) is 12.8 Å². The van der Waals surface area contributed by atoms with Crippen molar-refractivity contribution in [2.75, 3.05) is 6.61 Å². The predicted octanol–water partition coefficient (Wildman–Crippen LogP) is 3.27. The number of carboxylic acids is 1. The van der Waals surface area contributed by atoms with Crippen LogP contribution in [-0.2, 0) is 14.3 Å². The van der Waals surface area contributed by atoms with Crippen molar-refractivity contribution in [1.29, 1.82) is 0 Å². The van der Waals surface area contributed by atoms with E-state index in [1.165, 1.54) is 0 Å². The lowest BCUT2D eigenvalue weighted by molar-refractivity contribution is -0.160. The molecule has 0 saturated heterocycles. The van der Waals surface area contributed by atoms with E-state index in [1.807, 2.05) is 6.92 Å². The van der Waals surface area contributed by atoms with Gasteiger partial charge in [-0.3, -0.25) is 9.59 Å². The molecule has 2 aliphatic carbocycles. The van der Waals surface area contributed by atoms with E-state index < -0.39 is 5.97 Å². The smallest absolute Gasteiger partial charge is 0.312 e. The maximum absolute atomic E-state index is 12.1. The summed E-state index contributed by atoms with van der Waals surface area (Å²) in [7, 11) is 0. The lowest BCUT2D eigenvalue weighted by Crippen LogP contribution is -2.41. The van der Waals surface area contributed by atoms with Crippen LogP contribution in [-0.4, -0.2) is 23.7 Å². The van der Waals surface area contributed by atoms with Crippen LogP contribution in [0.15, 0.2) is 12.2 Å². The van der Waals surface area contributed by atoms with Gasteiger partial charge in [-0.1, -0.05) is 32.9 Å². The normalized spacial score (nSPS) is 30.1. The van der Waals surface area contributed by atoms with E-state index >= 15 is 0 Å². The number of hydrogen-bond donors (Lipinski definition) is 1. The number of allylic oxidation sites excluding steroid dienone is 2. The van der Waals surface area contributed by atoms with E-state index in [1.54, 1.807) is 6.92 Å². The van der Waals surface area contributed by atoms with Crippen LogP contribution < -0.4 is 0 Å². The molecule has 0 aliphatic heterocycles. The monoisotopic (exact) mass is 282 g/mol. The molecule has 0 heterocycles. The molecule has 114 valence electrons. The Hall–Kier alpha value is -1.32. The van der Waals surface area contributed by atoms with Gasteiger partial charge < -0.3 is 9.84 Å². The highest BCUT2D eigenvalue weighted by Gasteiger charge is 2.56. The lowest BCUT2D eigenvalue weighted by Gasteiger charge is -2.36. The Balaban J connectivity index is 0.000000347. The van der Waals surface area contributed by atoms with Crippen LogP contribution >= 0.6 is 0 Å². The fourth-order valence-corrected chi connectivity index (χ4v) is 3.29. The van der Waals surface area contributed by atoms with Crippen LogP contribution in [0.4, 0.5) is 0 Å². The summed E-state index contributed by atoms with van der Waals surface area (Å²) in [5.74, 6) is 0.682. The van der Waals surface area contributed by atoms with Gasteiger partial charge in [-0.05, 0) is 37.5 Å². The zero-order valence-corrected chi connectivity index (χ0v) is 12.9. The fourth-order valence-electron chi connectivity index (χ4n) is 3.29. The summed E-state index contributed by atoms with van der Waals surface area (Å²) in [4.78, 5) is 21.5. The molecule has 0 radical (unpaired) electrons. The number of carbonyl (C=O) groups excluding carboxylic acids is 1. The van der Waals surface area contributed by atoms with Gasteiger partial charge in [0.2, 0.25) is 0 Å². The minimum Gasteiger partial charge on any atom is -0.481 e. The van der Waals surface area contributed by atoms with Crippen molar-refractivity contribution < 1.29 is 19.4 Å². The minimum atomic E-state index is -0.745. The highest BCUT2D eigenvalue weighted by atomic mass is 16.5. The van der Waals surface area contributed by atoms with Gasteiger partial charge in [-0.15, -0.1) is 0 Å². The number of fused-ring (bicyclic) bond motifs is 2. The second kappa shape index (κ2) is 6.91. The lowest BCUT2D eigenvalue weighted by atomic mass is 9.68. The molecule has 0 aromatic heterocycles. The third-order valence-corrected chi connectivity index (χ3v) is 4.42. The van der Waals surface area contributed by atoms with Crippen molar-refractivity contribution in [2.45, 2.75) is 47.0 Å². The third kappa shape index (κ3) is 3.22. The van der Waals surface area contributed by atoms with Crippen LogP contribution in [0.5, 0.6) is 0 Å². The molecule has 2 bridgehead atoms. The SMILES string of the molecule is CCC(=O)O.CCOC(=O)C1(C(C)C)CC2C=CC1C2. The number of esters is 1. The molecule has 20 heavy (non-hydrogen) atoms. The van der Waals surface area contributed by atoms with Crippen LogP contribution in [0.3, 0.4) is 0 Å².